The molecule has 0 N–H and O–H groups in total. The molecule has 0 unspecified atom stereocenters. The maximum absolute atomic E-state index is 10.7. The number of benzene rings is 2. The lowest BCUT2D eigenvalue weighted by Gasteiger charge is -2.15. The van der Waals surface area contributed by atoms with Crippen molar-refractivity contribution < 1.29 is 24.1 Å². The van der Waals surface area contributed by atoms with Crippen LogP contribution < -0.4 is 0 Å². The molecule has 0 radical (unpaired) electrons. The summed E-state index contributed by atoms with van der Waals surface area (Å²) >= 11 is 0. The summed E-state index contributed by atoms with van der Waals surface area (Å²) in [5.74, 6) is 1.00. The van der Waals surface area contributed by atoms with Gasteiger partial charge in [0.25, 0.3) is 11.4 Å². The van der Waals surface area contributed by atoms with Crippen LogP contribution in [0.4, 0.5) is 11.4 Å². The lowest BCUT2D eigenvalue weighted by atomic mass is 10.1. The molecule has 13 nitrogen and oxygen atoms in total. The molecule has 0 fully saturated rings. The average Bonchev–Trinajstić information content (AvgIpc) is 3.44. The molecule has 4 rings (SSSR count). The van der Waals surface area contributed by atoms with Gasteiger partial charge in [0.1, 0.15) is 13.5 Å². The molecule has 0 saturated heterocycles. The minimum atomic E-state index is -0.444. The third-order valence-electron chi connectivity index (χ3n) is 4.75. The first-order valence-electron chi connectivity index (χ1n) is 9.91. The van der Waals surface area contributed by atoms with Gasteiger partial charge in [0.2, 0.25) is 11.8 Å². The Kier molecular flexibility index (Phi) is 6.59. The van der Waals surface area contributed by atoms with Crippen molar-refractivity contribution >= 4 is 23.2 Å². The minimum absolute atomic E-state index is 0.0347. The second-order valence-corrected chi connectivity index (χ2v) is 7.21. The number of hydrogen-bond donors (Lipinski definition) is 0. The fourth-order valence-electron chi connectivity index (χ4n) is 3.11. The molecule has 33 heavy (non-hydrogen) atoms. The van der Waals surface area contributed by atoms with Crippen LogP contribution in [0.25, 0.3) is 0 Å². The van der Waals surface area contributed by atoms with E-state index in [2.05, 4.69) is 10.2 Å². The third kappa shape index (κ3) is 5.92. The lowest BCUT2D eigenvalue weighted by molar-refractivity contribution is -0.385. The van der Waals surface area contributed by atoms with Gasteiger partial charge in [-0.05, 0) is 11.1 Å². The molecule has 0 saturated carbocycles. The zero-order chi connectivity index (χ0) is 23.2. The van der Waals surface area contributed by atoms with E-state index in [1.807, 2.05) is 0 Å². The molecular formula is C20H20N6O7. The molecule has 0 spiro atoms. The Labute approximate surface area is 187 Å². The van der Waals surface area contributed by atoms with Crippen molar-refractivity contribution in [1.29, 1.82) is 0 Å². The van der Waals surface area contributed by atoms with E-state index >= 15 is 0 Å². The van der Waals surface area contributed by atoms with Crippen molar-refractivity contribution in [2.45, 2.75) is 12.8 Å². The van der Waals surface area contributed by atoms with Crippen molar-refractivity contribution in [3.63, 3.8) is 0 Å². The van der Waals surface area contributed by atoms with Crippen LogP contribution in [0.3, 0.4) is 0 Å². The van der Waals surface area contributed by atoms with Crippen LogP contribution in [0.5, 0.6) is 0 Å². The first-order valence-corrected chi connectivity index (χ1v) is 9.91. The highest BCUT2D eigenvalue weighted by molar-refractivity contribution is 5.79. The molecule has 172 valence electrons. The molecule has 2 aromatic rings. The predicted molar refractivity (Wildman–Crippen MR) is 115 cm³/mol. The highest BCUT2D eigenvalue weighted by Gasteiger charge is 2.19. The number of hydrazone groups is 2. The normalized spacial score (nSPS) is 15.0. The number of nitro benzene ring substituents is 2. The standard InChI is InChI=1S/C20H20N6O7/c27-25(28)17-5-1-15(2-6-17)9-19-21-23(13-32-19)11-31-12-24-14-33-20(22-24)10-16-3-7-18(8-4-16)26(29)30/h1-8H,9-14H2. The van der Waals surface area contributed by atoms with Gasteiger partial charge in [-0.2, -0.15) is 0 Å². The van der Waals surface area contributed by atoms with Crippen LogP contribution in [0.15, 0.2) is 58.7 Å². The van der Waals surface area contributed by atoms with E-state index < -0.39 is 9.85 Å². The van der Waals surface area contributed by atoms with Crippen LogP contribution in [-0.2, 0) is 27.1 Å². The highest BCUT2D eigenvalue weighted by atomic mass is 16.6. The van der Waals surface area contributed by atoms with Crippen molar-refractivity contribution in [2.24, 2.45) is 10.2 Å². The first-order chi connectivity index (χ1) is 16.0. The highest BCUT2D eigenvalue weighted by Crippen LogP contribution is 2.16. The Bertz CT molecular complexity index is 986. The molecule has 0 bridgehead atoms. The van der Waals surface area contributed by atoms with E-state index in [9.17, 15) is 20.2 Å². The molecule has 2 aliphatic rings. The summed E-state index contributed by atoms with van der Waals surface area (Å²) in [4.78, 5) is 20.6. The first kappa shape index (κ1) is 22.0. The summed E-state index contributed by atoms with van der Waals surface area (Å²) in [6.07, 6.45) is 0.843. The van der Waals surface area contributed by atoms with E-state index in [0.717, 1.165) is 11.1 Å². The molecule has 2 heterocycles. The summed E-state index contributed by atoms with van der Waals surface area (Å²) in [5.41, 5.74) is 1.78. The van der Waals surface area contributed by atoms with E-state index in [1.165, 1.54) is 24.3 Å². The molecule has 0 aliphatic carbocycles. The number of nitro groups is 2. The maximum Gasteiger partial charge on any atom is 0.269 e. The van der Waals surface area contributed by atoms with Crippen LogP contribution >= 0.6 is 0 Å². The molecular weight excluding hydrogens is 436 g/mol. The van der Waals surface area contributed by atoms with E-state index in [1.54, 1.807) is 34.3 Å². The van der Waals surface area contributed by atoms with Crippen LogP contribution in [-0.4, -0.2) is 58.6 Å². The van der Waals surface area contributed by atoms with Crippen molar-refractivity contribution in [3.8, 4) is 0 Å². The van der Waals surface area contributed by atoms with Gasteiger partial charge in [-0.25, -0.2) is 10.0 Å². The van der Waals surface area contributed by atoms with Gasteiger partial charge < -0.3 is 14.2 Å². The molecule has 0 aromatic heterocycles. The van der Waals surface area contributed by atoms with Gasteiger partial charge in [-0.1, -0.05) is 24.3 Å². The molecule has 2 aliphatic heterocycles. The fraction of sp³-hybridized carbons (Fsp3) is 0.300. The monoisotopic (exact) mass is 456 g/mol. The SMILES string of the molecule is O=[N+]([O-])c1ccc(CC2=NN(COCN3COC(Cc4ccc([N+](=O)[O-])cc4)=N3)CO2)cc1. The van der Waals surface area contributed by atoms with Crippen LogP contribution in [0.2, 0.25) is 0 Å². The number of ether oxygens (including phenoxy) is 3. The second kappa shape index (κ2) is 9.91. The van der Waals surface area contributed by atoms with Gasteiger partial charge >= 0.3 is 0 Å². The van der Waals surface area contributed by atoms with Gasteiger partial charge in [0.15, 0.2) is 13.5 Å². The third-order valence-corrected chi connectivity index (χ3v) is 4.75. The number of non-ortho nitro benzene ring substituents is 2. The van der Waals surface area contributed by atoms with Gasteiger partial charge in [0.05, 0.1) is 22.7 Å². The fourth-order valence-corrected chi connectivity index (χ4v) is 3.11. The van der Waals surface area contributed by atoms with E-state index in [-0.39, 0.29) is 38.3 Å². The van der Waals surface area contributed by atoms with E-state index in [0.29, 0.717) is 24.6 Å². The summed E-state index contributed by atoms with van der Waals surface area (Å²) in [6, 6.07) is 12.5. The summed E-state index contributed by atoms with van der Waals surface area (Å²) in [5, 5.41) is 33.3. The molecule has 0 amide bonds. The number of nitrogens with zero attached hydrogens (tertiary/aromatic N) is 6. The van der Waals surface area contributed by atoms with Crippen LogP contribution in [0, 0.1) is 20.2 Å². The zero-order valence-electron chi connectivity index (χ0n) is 17.4. The van der Waals surface area contributed by atoms with Crippen molar-refractivity contribution in [2.75, 3.05) is 26.9 Å². The molecule has 0 atom stereocenters. The molecule has 13 heteroatoms. The van der Waals surface area contributed by atoms with Crippen molar-refractivity contribution in [1.82, 2.24) is 10.0 Å². The summed E-state index contributed by atoms with van der Waals surface area (Å²) in [7, 11) is 0. The Hall–Kier alpha value is -4.26. The average molecular weight is 456 g/mol. The van der Waals surface area contributed by atoms with E-state index in [4.69, 9.17) is 14.2 Å². The summed E-state index contributed by atoms with van der Waals surface area (Å²) < 4.78 is 16.7. The minimum Gasteiger partial charge on any atom is -0.456 e. The van der Waals surface area contributed by atoms with Gasteiger partial charge in [-0.3, -0.25) is 20.2 Å². The maximum atomic E-state index is 10.7. The summed E-state index contributed by atoms with van der Waals surface area (Å²) in [6.45, 7) is 0.863. The van der Waals surface area contributed by atoms with Crippen molar-refractivity contribution in [3.05, 3.63) is 79.9 Å². The Morgan fingerprint density at radius 3 is 1.52 bits per heavy atom. The van der Waals surface area contributed by atoms with Gasteiger partial charge in [-0.15, -0.1) is 10.2 Å². The lowest BCUT2D eigenvalue weighted by Crippen LogP contribution is -2.25. The largest absolute Gasteiger partial charge is 0.456 e. The molecule has 2 aromatic carbocycles. The number of rotatable bonds is 10. The Morgan fingerprint density at radius 2 is 1.15 bits per heavy atom. The zero-order valence-corrected chi connectivity index (χ0v) is 17.4. The van der Waals surface area contributed by atoms with Crippen LogP contribution in [0.1, 0.15) is 11.1 Å². The van der Waals surface area contributed by atoms with Gasteiger partial charge in [0, 0.05) is 24.3 Å². The smallest absolute Gasteiger partial charge is 0.269 e. The number of hydrogen-bond acceptors (Lipinski definition) is 11. The quantitative estimate of drug-likeness (QED) is 0.388. The predicted octanol–water partition coefficient (Wildman–Crippen LogP) is 2.43. The Balaban J connectivity index is 1.19. The topological polar surface area (TPSA) is 145 Å². The Morgan fingerprint density at radius 1 is 0.758 bits per heavy atom. The second-order valence-electron chi connectivity index (χ2n) is 7.21.